The number of fused-ring (bicyclic) bond motifs is 2. The van der Waals surface area contributed by atoms with Gasteiger partial charge >= 0.3 is 6.18 Å². The van der Waals surface area contributed by atoms with Crippen LogP contribution in [0.3, 0.4) is 0 Å². The van der Waals surface area contributed by atoms with E-state index in [4.69, 9.17) is 4.74 Å². The zero-order valence-electron chi connectivity index (χ0n) is 11.0. The average Bonchev–Trinajstić information content (AvgIpc) is 2.76. The van der Waals surface area contributed by atoms with Gasteiger partial charge in [-0.2, -0.15) is 13.2 Å². The van der Waals surface area contributed by atoms with Crippen LogP contribution in [-0.4, -0.2) is 36.1 Å². The van der Waals surface area contributed by atoms with Gasteiger partial charge in [0.05, 0.1) is 23.3 Å². The summed E-state index contributed by atoms with van der Waals surface area (Å²) in [6, 6.07) is 1.90. The smallest absolute Gasteiger partial charge is 0.371 e. The first-order valence-corrected chi connectivity index (χ1v) is 6.66. The summed E-state index contributed by atoms with van der Waals surface area (Å²) in [5, 5.41) is 0. The quantitative estimate of drug-likeness (QED) is 0.747. The summed E-state index contributed by atoms with van der Waals surface area (Å²) < 4.78 is 57.3. The number of ether oxygens (including phenoxy) is 1. The van der Waals surface area contributed by atoms with E-state index in [0.717, 1.165) is 12.8 Å². The zero-order chi connectivity index (χ0) is 15.2. The summed E-state index contributed by atoms with van der Waals surface area (Å²) in [4.78, 5) is 13.7. The van der Waals surface area contributed by atoms with Crippen LogP contribution in [0.4, 0.5) is 17.6 Å². The van der Waals surface area contributed by atoms with E-state index >= 15 is 0 Å². The van der Waals surface area contributed by atoms with Crippen molar-refractivity contribution in [1.82, 2.24) is 4.90 Å². The van der Waals surface area contributed by atoms with Gasteiger partial charge in [-0.1, -0.05) is 0 Å². The number of hydrogen-bond donors (Lipinski definition) is 0. The topological polar surface area (TPSA) is 29.5 Å². The molecule has 7 heteroatoms. The van der Waals surface area contributed by atoms with Crippen molar-refractivity contribution in [2.45, 2.75) is 31.2 Å². The largest absolute Gasteiger partial charge is 0.416 e. The summed E-state index contributed by atoms with van der Waals surface area (Å²) in [6.45, 7) is 0.593. The van der Waals surface area contributed by atoms with E-state index in [1.165, 1.54) is 4.90 Å². The molecule has 114 valence electrons. The Bertz CT molecular complexity index is 561. The number of hydrogen-bond acceptors (Lipinski definition) is 2. The molecular formula is C14H13F4NO2. The maximum Gasteiger partial charge on any atom is 0.416 e. The Morgan fingerprint density at radius 3 is 2.38 bits per heavy atom. The van der Waals surface area contributed by atoms with Gasteiger partial charge < -0.3 is 9.64 Å². The molecule has 2 fully saturated rings. The normalized spacial score (nSPS) is 25.2. The Labute approximate surface area is 118 Å². The van der Waals surface area contributed by atoms with Crippen molar-refractivity contribution in [3.63, 3.8) is 0 Å². The van der Waals surface area contributed by atoms with Crippen molar-refractivity contribution in [1.29, 1.82) is 0 Å². The minimum Gasteiger partial charge on any atom is -0.371 e. The molecule has 1 amide bonds. The lowest BCUT2D eigenvalue weighted by Gasteiger charge is -2.32. The molecule has 0 saturated carbocycles. The van der Waals surface area contributed by atoms with Crippen molar-refractivity contribution in [3.05, 3.63) is 35.1 Å². The van der Waals surface area contributed by atoms with Crippen LogP contribution < -0.4 is 0 Å². The molecular weight excluding hydrogens is 290 g/mol. The second kappa shape index (κ2) is 4.98. The lowest BCUT2D eigenvalue weighted by molar-refractivity contribution is -0.137. The molecule has 2 aliphatic rings. The van der Waals surface area contributed by atoms with Gasteiger partial charge in [-0.3, -0.25) is 4.79 Å². The molecule has 1 aromatic rings. The molecule has 2 aliphatic heterocycles. The number of amides is 1. The van der Waals surface area contributed by atoms with Gasteiger partial charge in [0, 0.05) is 13.1 Å². The number of rotatable bonds is 1. The molecule has 21 heavy (non-hydrogen) atoms. The molecule has 2 atom stereocenters. The van der Waals surface area contributed by atoms with Gasteiger partial charge in [0.15, 0.2) is 0 Å². The third kappa shape index (κ3) is 2.74. The number of morpholine rings is 1. The lowest BCUT2D eigenvalue weighted by Crippen LogP contribution is -2.46. The molecule has 0 radical (unpaired) electrons. The third-order valence-electron chi connectivity index (χ3n) is 3.85. The third-order valence-corrected chi connectivity index (χ3v) is 3.85. The fraction of sp³-hybridized carbons (Fsp3) is 0.500. The van der Waals surface area contributed by atoms with Crippen LogP contribution >= 0.6 is 0 Å². The van der Waals surface area contributed by atoms with Crippen molar-refractivity contribution >= 4 is 5.91 Å². The van der Waals surface area contributed by atoms with E-state index in [1.54, 1.807) is 0 Å². The standard InChI is InChI=1S/C14H13F4NO2/c15-12-4-1-8(14(16,17)18)5-11(12)13(20)19-6-9-2-3-10(7-19)21-9/h1,4-5,9-10H,2-3,6-7H2. The molecule has 0 aromatic heterocycles. The molecule has 3 rings (SSSR count). The Morgan fingerprint density at radius 1 is 1.19 bits per heavy atom. The number of carbonyl (C=O) groups is 1. The Balaban J connectivity index is 1.87. The van der Waals surface area contributed by atoms with Gasteiger partial charge in [-0.15, -0.1) is 0 Å². The highest BCUT2D eigenvalue weighted by Crippen LogP contribution is 2.32. The van der Waals surface area contributed by atoms with Crippen molar-refractivity contribution in [2.75, 3.05) is 13.1 Å². The maximum absolute atomic E-state index is 13.7. The zero-order valence-corrected chi connectivity index (χ0v) is 11.0. The highest BCUT2D eigenvalue weighted by Gasteiger charge is 2.37. The molecule has 0 spiro atoms. The summed E-state index contributed by atoms with van der Waals surface area (Å²) in [6.07, 6.45) is -3.16. The van der Waals surface area contributed by atoms with Gasteiger partial charge in [0.25, 0.3) is 5.91 Å². The summed E-state index contributed by atoms with van der Waals surface area (Å²) in [5.74, 6) is -1.65. The number of carbonyl (C=O) groups excluding carboxylic acids is 1. The van der Waals surface area contributed by atoms with Crippen LogP contribution in [0, 0.1) is 5.82 Å². The van der Waals surface area contributed by atoms with Gasteiger partial charge in [0.2, 0.25) is 0 Å². The number of benzene rings is 1. The van der Waals surface area contributed by atoms with E-state index < -0.39 is 29.0 Å². The summed E-state index contributed by atoms with van der Waals surface area (Å²) in [5.41, 5.74) is -1.56. The monoisotopic (exact) mass is 303 g/mol. The van der Waals surface area contributed by atoms with E-state index in [2.05, 4.69) is 0 Å². The number of alkyl halides is 3. The molecule has 2 bridgehead atoms. The second-order valence-electron chi connectivity index (χ2n) is 5.36. The molecule has 2 heterocycles. The van der Waals surface area contributed by atoms with Crippen LogP contribution in [0.2, 0.25) is 0 Å². The first-order chi connectivity index (χ1) is 9.84. The molecule has 3 nitrogen and oxygen atoms in total. The molecule has 1 aromatic carbocycles. The number of likely N-dealkylation sites (tertiary alicyclic amines) is 1. The predicted octanol–water partition coefficient (Wildman–Crippen LogP) is 2.85. The van der Waals surface area contributed by atoms with Crippen molar-refractivity contribution in [2.24, 2.45) is 0 Å². The molecule has 0 aliphatic carbocycles. The SMILES string of the molecule is O=C(c1cc(C(F)(F)F)ccc1F)N1CC2CCC(C1)O2. The van der Waals surface area contributed by atoms with E-state index in [9.17, 15) is 22.4 Å². The van der Waals surface area contributed by atoms with Crippen molar-refractivity contribution in [3.8, 4) is 0 Å². The summed E-state index contributed by atoms with van der Waals surface area (Å²) in [7, 11) is 0. The number of halogens is 4. The summed E-state index contributed by atoms with van der Waals surface area (Å²) >= 11 is 0. The maximum atomic E-state index is 13.7. The fourth-order valence-corrected chi connectivity index (χ4v) is 2.82. The highest BCUT2D eigenvalue weighted by molar-refractivity contribution is 5.94. The van der Waals surface area contributed by atoms with Crippen LogP contribution in [0.1, 0.15) is 28.8 Å². The second-order valence-corrected chi connectivity index (χ2v) is 5.36. The van der Waals surface area contributed by atoms with E-state index in [-0.39, 0.29) is 12.2 Å². The van der Waals surface area contributed by atoms with Crippen LogP contribution in [0.5, 0.6) is 0 Å². The van der Waals surface area contributed by atoms with Gasteiger partial charge in [-0.25, -0.2) is 4.39 Å². The predicted molar refractivity (Wildman–Crippen MR) is 65.2 cm³/mol. The Kier molecular flexibility index (Phi) is 3.39. The number of nitrogens with zero attached hydrogens (tertiary/aromatic N) is 1. The lowest BCUT2D eigenvalue weighted by atomic mass is 10.1. The minimum atomic E-state index is -4.60. The molecule has 0 N–H and O–H groups in total. The molecule has 2 unspecified atom stereocenters. The van der Waals surface area contributed by atoms with Gasteiger partial charge in [0.1, 0.15) is 5.82 Å². The minimum absolute atomic E-state index is 0.0958. The first kappa shape index (κ1) is 14.3. The van der Waals surface area contributed by atoms with Gasteiger partial charge in [-0.05, 0) is 31.0 Å². The van der Waals surface area contributed by atoms with E-state index in [1.807, 2.05) is 0 Å². The van der Waals surface area contributed by atoms with Crippen LogP contribution in [-0.2, 0) is 10.9 Å². The molecule has 2 saturated heterocycles. The van der Waals surface area contributed by atoms with Crippen LogP contribution in [0.15, 0.2) is 18.2 Å². The van der Waals surface area contributed by atoms with Crippen LogP contribution in [0.25, 0.3) is 0 Å². The van der Waals surface area contributed by atoms with E-state index in [0.29, 0.717) is 31.3 Å². The highest BCUT2D eigenvalue weighted by atomic mass is 19.4. The first-order valence-electron chi connectivity index (χ1n) is 6.66. The average molecular weight is 303 g/mol. The Hall–Kier alpha value is -1.63. The Morgan fingerprint density at radius 2 is 1.81 bits per heavy atom. The van der Waals surface area contributed by atoms with Crippen molar-refractivity contribution < 1.29 is 27.1 Å². The fourth-order valence-electron chi connectivity index (χ4n) is 2.82.